The van der Waals surface area contributed by atoms with Gasteiger partial charge in [0.05, 0.1) is 6.54 Å². The molecule has 1 fully saturated rings. The standard InChI is InChI=1S/C9H11NO3/c11-9(12)8-4-3-7(13-8)5-10-6-1-2-6/h3-4,6,10H,1-2,5H2,(H,11,12). The Bertz CT molecular complexity index is 314. The van der Waals surface area contributed by atoms with Gasteiger partial charge in [-0.3, -0.25) is 0 Å². The molecule has 0 amide bonds. The Kier molecular flexibility index (Phi) is 2.06. The van der Waals surface area contributed by atoms with Gasteiger partial charge in [0.25, 0.3) is 0 Å². The van der Waals surface area contributed by atoms with Gasteiger partial charge < -0.3 is 14.8 Å². The number of furan rings is 1. The average molecular weight is 181 g/mol. The van der Waals surface area contributed by atoms with E-state index in [0.29, 0.717) is 18.3 Å². The van der Waals surface area contributed by atoms with Crippen LogP contribution in [0.5, 0.6) is 0 Å². The molecule has 0 saturated heterocycles. The highest BCUT2D eigenvalue weighted by Crippen LogP contribution is 2.19. The largest absolute Gasteiger partial charge is 0.475 e. The highest BCUT2D eigenvalue weighted by Gasteiger charge is 2.20. The fourth-order valence-electron chi connectivity index (χ4n) is 1.12. The molecular weight excluding hydrogens is 170 g/mol. The van der Waals surface area contributed by atoms with Crippen molar-refractivity contribution in [2.75, 3.05) is 0 Å². The van der Waals surface area contributed by atoms with Crippen LogP contribution in [0.3, 0.4) is 0 Å². The predicted octanol–water partition coefficient (Wildman–Crippen LogP) is 1.23. The number of carboxylic acids is 1. The van der Waals surface area contributed by atoms with E-state index in [2.05, 4.69) is 5.32 Å². The number of hydrogen-bond acceptors (Lipinski definition) is 3. The van der Waals surface area contributed by atoms with Gasteiger partial charge in [0.2, 0.25) is 5.76 Å². The van der Waals surface area contributed by atoms with E-state index in [4.69, 9.17) is 9.52 Å². The van der Waals surface area contributed by atoms with E-state index in [1.807, 2.05) is 0 Å². The zero-order valence-corrected chi connectivity index (χ0v) is 7.12. The van der Waals surface area contributed by atoms with Crippen LogP contribution in [0.1, 0.15) is 29.2 Å². The summed E-state index contributed by atoms with van der Waals surface area (Å²) < 4.78 is 5.06. The molecule has 0 spiro atoms. The molecule has 2 rings (SSSR count). The first-order valence-electron chi connectivity index (χ1n) is 4.31. The van der Waals surface area contributed by atoms with Crippen LogP contribution in [0, 0.1) is 0 Å². The maximum Gasteiger partial charge on any atom is 0.371 e. The molecule has 0 radical (unpaired) electrons. The van der Waals surface area contributed by atoms with E-state index in [0.717, 1.165) is 0 Å². The lowest BCUT2D eigenvalue weighted by molar-refractivity contribution is 0.0660. The van der Waals surface area contributed by atoms with Gasteiger partial charge >= 0.3 is 5.97 Å². The lowest BCUT2D eigenvalue weighted by Gasteiger charge is -1.97. The van der Waals surface area contributed by atoms with E-state index in [1.165, 1.54) is 18.9 Å². The summed E-state index contributed by atoms with van der Waals surface area (Å²) in [6.45, 7) is 0.623. The minimum atomic E-state index is -1.02. The maximum atomic E-state index is 10.5. The monoisotopic (exact) mass is 181 g/mol. The summed E-state index contributed by atoms with van der Waals surface area (Å²) in [7, 11) is 0. The third kappa shape index (κ3) is 2.09. The van der Waals surface area contributed by atoms with Crippen LogP contribution < -0.4 is 5.32 Å². The lowest BCUT2D eigenvalue weighted by Crippen LogP contribution is -2.14. The van der Waals surface area contributed by atoms with Gasteiger partial charge in [-0.25, -0.2) is 4.79 Å². The zero-order valence-electron chi connectivity index (χ0n) is 7.12. The van der Waals surface area contributed by atoms with Crippen LogP contribution in [-0.2, 0) is 6.54 Å². The lowest BCUT2D eigenvalue weighted by atomic mass is 10.4. The minimum Gasteiger partial charge on any atom is -0.475 e. The Hall–Kier alpha value is -1.29. The quantitative estimate of drug-likeness (QED) is 0.733. The van der Waals surface area contributed by atoms with E-state index >= 15 is 0 Å². The minimum absolute atomic E-state index is 0.00703. The molecule has 0 aliphatic heterocycles. The number of nitrogens with one attached hydrogen (secondary N) is 1. The summed E-state index contributed by atoms with van der Waals surface area (Å²) in [5.41, 5.74) is 0. The van der Waals surface area contributed by atoms with Gasteiger partial charge in [-0.05, 0) is 25.0 Å². The van der Waals surface area contributed by atoms with Crippen LogP contribution in [0.15, 0.2) is 16.5 Å². The van der Waals surface area contributed by atoms with Gasteiger partial charge in [0.15, 0.2) is 0 Å². The second kappa shape index (κ2) is 3.22. The van der Waals surface area contributed by atoms with Gasteiger partial charge in [0.1, 0.15) is 5.76 Å². The Balaban J connectivity index is 1.92. The van der Waals surface area contributed by atoms with Gasteiger partial charge in [0, 0.05) is 6.04 Å². The number of carbonyl (C=O) groups is 1. The van der Waals surface area contributed by atoms with Crippen molar-refractivity contribution in [2.24, 2.45) is 0 Å². The van der Waals surface area contributed by atoms with Crippen molar-refractivity contribution < 1.29 is 14.3 Å². The van der Waals surface area contributed by atoms with Crippen LogP contribution in [0.2, 0.25) is 0 Å². The molecule has 0 bridgehead atoms. The average Bonchev–Trinajstić information content (AvgIpc) is 2.79. The SMILES string of the molecule is O=C(O)c1ccc(CNC2CC2)o1. The summed E-state index contributed by atoms with van der Waals surface area (Å²) in [6, 6.07) is 3.78. The molecule has 0 aromatic carbocycles. The molecule has 0 unspecified atom stereocenters. The van der Waals surface area contributed by atoms with Crippen molar-refractivity contribution >= 4 is 5.97 Å². The number of hydrogen-bond donors (Lipinski definition) is 2. The van der Waals surface area contributed by atoms with Crippen LogP contribution in [0.25, 0.3) is 0 Å². The molecule has 13 heavy (non-hydrogen) atoms. The number of aromatic carboxylic acids is 1. The first kappa shape index (κ1) is 8.31. The molecule has 1 aliphatic rings. The third-order valence-electron chi connectivity index (χ3n) is 2.01. The summed E-state index contributed by atoms with van der Waals surface area (Å²) in [5, 5.41) is 11.8. The molecule has 0 atom stereocenters. The topological polar surface area (TPSA) is 62.5 Å². The molecule has 2 N–H and O–H groups in total. The molecule has 1 heterocycles. The Morgan fingerprint density at radius 3 is 2.92 bits per heavy atom. The second-order valence-electron chi connectivity index (χ2n) is 3.23. The Labute approximate surface area is 75.6 Å². The van der Waals surface area contributed by atoms with Gasteiger partial charge in [-0.15, -0.1) is 0 Å². The van der Waals surface area contributed by atoms with Crippen molar-refractivity contribution in [1.29, 1.82) is 0 Å². The molecule has 4 heteroatoms. The van der Waals surface area contributed by atoms with Gasteiger partial charge in [-0.1, -0.05) is 0 Å². The van der Waals surface area contributed by atoms with Gasteiger partial charge in [-0.2, -0.15) is 0 Å². The number of rotatable bonds is 4. The summed E-state index contributed by atoms with van der Waals surface area (Å²) in [6.07, 6.45) is 2.43. The molecule has 4 nitrogen and oxygen atoms in total. The summed E-state index contributed by atoms with van der Waals surface area (Å²) in [5.74, 6) is -0.324. The summed E-state index contributed by atoms with van der Waals surface area (Å²) in [4.78, 5) is 10.5. The van der Waals surface area contributed by atoms with Crippen LogP contribution >= 0.6 is 0 Å². The van der Waals surface area contributed by atoms with Crippen LogP contribution in [0.4, 0.5) is 0 Å². The smallest absolute Gasteiger partial charge is 0.371 e. The third-order valence-corrected chi connectivity index (χ3v) is 2.01. The molecule has 70 valence electrons. The zero-order chi connectivity index (χ0) is 9.26. The highest BCUT2D eigenvalue weighted by atomic mass is 16.4. The number of carboxylic acid groups (broad SMARTS) is 1. The molecule has 1 aromatic rings. The second-order valence-corrected chi connectivity index (χ2v) is 3.23. The Morgan fingerprint density at radius 2 is 2.38 bits per heavy atom. The Morgan fingerprint density at radius 1 is 1.62 bits per heavy atom. The van der Waals surface area contributed by atoms with E-state index in [9.17, 15) is 4.79 Å². The van der Waals surface area contributed by atoms with E-state index < -0.39 is 5.97 Å². The van der Waals surface area contributed by atoms with Crippen LogP contribution in [-0.4, -0.2) is 17.1 Å². The molecule has 1 aromatic heterocycles. The maximum absolute atomic E-state index is 10.5. The van der Waals surface area contributed by atoms with Crippen molar-refractivity contribution in [2.45, 2.75) is 25.4 Å². The van der Waals surface area contributed by atoms with Crippen molar-refractivity contribution in [3.05, 3.63) is 23.7 Å². The van der Waals surface area contributed by atoms with Crippen molar-refractivity contribution in [3.8, 4) is 0 Å². The normalized spacial score (nSPS) is 16.0. The molecule has 1 aliphatic carbocycles. The van der Waals surface area contributed by atoms with E-state index in [1.54, 1.807) is 6.07 Å². The van der Waals surface area contributed by atoms with Crippen molar-refractivity contribution in [3.63, 3.8) is 0 Å². The highest BCUT2D eigenvalue weighted by molar-refractivity contribution is 5.84. The van der Waals surface area contributed by atoms with Crippen molar-refractivity contribution in [1.82, 2.24) is 5.32 Å². The predicted molar refractivity (Wildman–Crippen MR) is 45.5 cm³/mol. The molecule has 1 saturated carbocycles. The fraction of sp³-hybridized carbons (Fsp3) is 0.444. The fourth-order valence-corrected chi connectivity index (χ4v) is 1.12. The molecular formula is C9H11NO3. The van der Waals surface area contributed by atoms with E-state index in [-0.39, 0.29) is 5.76 Å². The summed E-state index contributed by atoms with van der Waals surface area (Å²) >= 11 is 0. The first-order valence-corrected chi connectivity index (χ1v) is 4.31. The first-order chi connectivity index (χ1) is 6.25.